The summed E-state index contributed by atoms with van der Waals surface area (Å²) in [7, 11) is -3.92. The molecule has 0 amide bonds. The fourth-order valence-corrected chi connectivity index (χ4v) is 4.81. The van der Waals surface area contributed by atoms with Gasteiger partial charge in [0.05, 0.1) is 17.1 Å². The van der Waals surface area contributed by atoms with Gasteiger partial charge < -0.3 is 10.1 Å². The highest BCUT2D eigenvalue weighted by atomic mass is 35.5. The molecule has 0 saturated heterocycles. The second-order valence-corrected chi connectivity index (χ2v) is 9.07. The molecule has 0 spiro atoms. The summed E-state index contributed by atoms with van der Waals surface area (Å²) in [6.45, 7) is 1.99. The third-order valence-electron chi connectivity index (χ3n) is 4.41. The Bertz CT molecular complexity index is 1120. The number of anilines is 2. The molecule has 3 rings (SSSR count). The highest BCUT2D eigenvalue weighted by molar-refractivity contribution is 7.92. The average molecular weight is 459 g/mol. The van der Waals surface area contributed by atoms with Crippen molar-refractivity contribution in [2.24, 2.45) is 0 Å². The Labute approximate surface area is 187 Å². The Hall–Kier alpha value is -3.03. The standard InChI is InChI=1S/C23H23ClN2O4S/c1-18(27)30-13-12-25-21-14-20(24)15-23(16-21)31(28,29)26(22-10-6-3-7-11-22)17-19-8-4-2-5-9-19/h2-11,14-16,25H,12-13,17H2,1H3. The van der Waals surface area contributed by atoms with E-state index in [-0.39, 0.29) is 29.0 Å². The van der Waals surface area contributed by atoms with Crippen LogP contribution in [0, 0.1) is 0 Å². The van der Waals surface area contributed by atoms with Gasteiger partial charge in [-0.15, -0.1) is 0 Å². The molecule has 1 N–H and O–H groups in total. The minimum atomic E-state index is -3.92. The zero-order chi connectivity index (χ0) is 22.3. The van der Waals surface area contributed by atoms with Crippen LogP contribution in [0.25, 0.3) is 0 Å². The van der Waals surface area contributed by atoms with Crippen molar-refractivity contribution in [1.29, 1.82) is 0 Å². The van der Waals surface area contributed by atoms with Crippen LogP contribution >= 0.6 is 11.6 Å². The van der Waals surface area contributed by atoms with Crippen molar-refractivity contribution in [3.8, 4) is 0 Å². The number of rotatable bonds is 9. The highest BCUT2D eigenvalue weighted by Gasteiger charge is 2.26. The molecule has 0 radical (unpaired) electrons. The van der Waals surface area contributed by atoms with Crippen molar-refractivity contribution in [2.45, 2.75) is 18.4 Å². The van der Waals surface area contributed by atoms with Crippen molar-refractivity contribution < 1.29 is 17.9 Å². The zero-order valence-corrected chi connectivity index (χ0v) is 18.6. The number of para-hydroxylation sites is 1. The number of esters is 1. The number of halogens is 1. The first-order chi connectivity index (χ1) is 14.9. The zero-order valence-electron chi connectivity index (χ0n) is 17.0. The van der Waals surface area contributed by atoms with Crippen LogP contribution in [0.3, 0.4) is 0 Å². The first-order valence-corrected chi connectivity index (χ1v) is 11.5. The largest absolute Gasteiger partial charge is 0.464 e. The van der Waals surface area contributed by atoms with Gasteiger partial charge in [-0.1, -0.05) is 60.1 Å². The smallest absolute Gasteiger partial charge is 0.302 e. The molecule has 0 unspecified atom stereocenters. The number of benzene rings is 3. The third-order valence-corrected chi connectivity index (χ3v) is 6.38. The Morgan fingerprint density at radius 3 is 2.29 bits per heavy atom. The summed E-state index contributed by atoms with van der Waals surface area (Å²) in [5.74, 6) is -0.379. The van der Waals surface area contributed by atoms with Crippen molar-refractivity contribution in [1.82, 2.24) is 0 Å². The van der Waals surface area contributed by atoms with E-state index in [0.717, 1.165) is 5.56 Å². The van der Waals surface area contributed by atoms with Crippen LogP contribution in [0.2, 0.25) is 5.02 Å². The molecule has 3 aromatic rings. The molecule has 0 aliphatic rings. The second-order valence-electron chi connectivity index (χ2n) is 6.78. The molecule has 0 aromatic heterocycles. The topological polar surface area (TPSA) is 75.7 Å². The minimum absolute atomic E-state index is 0.0646. The van der Waals surface area contributed by atoms with E-state index in [4.69, 9.17) is 16.3 Å². The Morgan fingerprint density at radius 1 is 1.00 bits per heavy atom. The second kappa shape index (κ2) is 10.3. The minimum Gasteiger partial charge on any atom is -0.464 e. The summed E-state index contributed by atoms with van der Waals surface area (Å²) in [6.07, 6.45) is 0. The first-order valence-electron chi connectivity index (χ1n) is 9.66. The van der Waals surface area contributed by atoms with Gasteiger partial charge in [0.1, 0.15) is 6.61 Å². The van der Waals surface area contributed by atoms with Gasteiger partial charge in [0.2, 0.25) is 0 Å². The lowest BCUT2D eigenvalue weighted by Crippen LogP contribution is -2.30. The van der Waals surface area contributed by atoms with Gasteiger partial charge in [-0.3, -0.25) is 9.10 Å². The molecule has 31 heavy (non-hydrogen) atoms. The molecule has 0 aliphatic carbocycles. The number of ether oxygens (including phenoxy) is 1. The maximum absolute atomic E-state index is 13.6. The molecular formula is C23H23ClN2O4S. The molecule has 6 nitrogen and oxygen atoms in total. The fraction of sp³-hybridized carbons (Fsp3) is 0.174. The first kappa shape index (κ1) is 22.7. The summed E-state index contributed by atoms with van der Waals surface area (Å²) in [5.41, 5.74) is 1.93. The van der Waals surface area contributed by atoms with E-state index in [1.165, 1.54) is 23.4 Å². The predicted molar refractivity (Wildman–Crippen MR) is 123 cm³/mol. The van der Waals surface area contributed by atoms with Gasteiger partial charge in [0.25, 0.3) is 10.0 Å². The van der Waals surface area contributed by atoms with E-state index in [1.807, 2.05) is 36.4 Å². The van der Waals surface area contributed by atoms with E-state index >= 15 is 0 Å². The van der Waals surface area contributed by atoms with Crippen LogP contribution in [0.1, 0.15) is 12.5 Å². The molecule has 0 fully saturated rings. The Morgan fingerprint density at radius 2 is 1.65 bits per heavy atom. The quantitative estimate of drug-likeness (QED) is 0.371. The lowest BCUT2D eigenvalue weighted by atomic mass is 10.2. The molecule has 8 heteroatoms. The molecule has 0 bridgehead atoms. The van der Waals surface area contributed by atoms with Crippen molar-refractivity contribution >= 4 is 39.0 Å². The summed E-state index contributed by atoms with van der Waals surface area (Å²) < 4.78 is 33.5. The van der Waals surface area contributed by atoms with Gasteiger partial charge in [-0.05, 0) is 35.9 Å². The summed E-state index contributed by atoms with van der Waals surface area (Å²) in [6, 6.07) is 22.9. The van der Waals surface area contributed by atoms with Gasteiger partial charge in [-0.25, -0.2) is 8.42 Å². The number of hydrogen-bond acceptors (Lipinski definition) is 5. The SMILES string of the molecule is CC(=O)OCCNc1cc(Cl)cc(S(=O)(=O)N(Cc2ccccc2)c2ccccc2)c1. The van der Waals surface area contributed by atoms with E-state index in [0.29, 0.717) is 17.9 Å². The maximum Gasteiger partial charge on any atom is 0.302 e. The predicted octanol–water partition coefficient (Wildman–Crippen LogP) is 4.71. The van der Waals surface area contributed by atoms with Gasteiger partial charge in [0.15, 0.2) is 0 Å². The lowest BCUT2D eigenvalue weighted by molar-refractivity contribution is -0.140. The number of nitrogens with zero attached hydrogens (tertiary/aromatic N) is 1. The van der Waals surface area contributed by atoms with E-state index in [2.05, 4.69) is 5.32 Å². The van der Waals surface area contributed by atoms with Crippen LogP contribution in [0.5, 0.6) is 0 Å². The van der Waals surface area contributed by atoms with Crippen LogP contribution in [-0.2, 0) is 26.1 Å². The molecule has 3 aromatic carbocycles. The number of sulfonamides is 1. The van der Waals surface area contributed by atoms with E-state index in [9.17, 15) is 13.2 Å². The van der Waals surface area contributed by atoms with Crippen LogP contribution in [-0.4, -0.2) is 27.5 Å². The number of carbonyl (C=O) groups is 1. The number of carbonyl (C=O) groups excluding carboxylic acids is 1. The molecule has 0 atom stereocenters. The van der Waals surface area contributed by atoms with E-state index in [1.54, 1.807) is 30.3 Å². The Balaban J connectivity index is 1.93. The van der Waals surface area contributed by atoms with Crippen LogP contribution in [0.4, 0.5) is 11.4 Å². The lowest BCUT2D eigenvalue weighted by Gasteiger charge is -2.25. The van der Waals surface area contributed by atoms with Crippen LogP contribution < -0.4 is 9.62 Å². The van der Waals surface area contributed by atoms with Gasteiger partial charge >= 0.3 is 5.97 Å². The monoisotopic (exact) mass is 458 g/mol. The third kappa shape index (κ3) is 6.23. The normalized spacial score (nSPS) is 11.0. The fourth-order valence-electron chi connectivity index (χ4n) is 2.99. The van der Waals surface area contributed by atoms with Crippen molar-refractivity contribution in [3.63, 3.8) is 0 Å². The van der Waals surface area contributed by atoms with Gasteiger partial charge in [-0.2, -0.15) is 0 Å². The number of nitrogens with one attached hydrogen (secondary N) is 1. The van der Waals surface area contributed by atoms with Crippen LogP contribution in [0.15, 0.2) is 83.8 Å². The van der Waals surface area contributed by atoms with Crippen molar-refractivity contribution in [2.75, 3.05) is 22.8 Å². The molecule has 162 valence electrons. The average Bonchev–Trinajstić information content (AvgIpc) is 2.76. The molecule has 0 heterocycles. The highest BCUT2D eigenvalue weighted by Crippen LogP contribution is 2.29. The summed E-state index contributed by atoms with van der Waals surface area (Å²) in [5, 5.41) is 3.32. The van der Waals surface area contributed by atoms with Gasteiger partial charge in [0, 0.05) is 24.2 Å². The number of hydrogen-bond donors (Lipinski definition) is 1. The summed E-state index contributed by atoms with van der Waals surface area (Å²) >= 11 is 6.22. The molecule has 0 aliphatic heterocycles. The van der Waals surface area contributed by atoms with Crippen molar-refractivity contribution in [3.05, 3.63) is 89.4 Å². The molecule has 0 saturated carbocycles. The molecular weight excluding hydrogens is 436 g/mol. The Kier molecular flexibility index (Phi) is 7.55. The summed E-state index contributed by atoms with van der Waals surface area (Å²) in [4.78, 5) is 11.0. The van der Waals surface area contributed by atoms with E-state index < -0.39 is 10.0 Å². The maximum atomic E-state index is 13.6.